The van der Waals surface area contributed by atoms with Gasteiger partial charge in [0.25, 0.3) is 15.9 Å². The van der Waals surface area contributed by atoms with Crippen LogP contribution in [-0.4, -0.2) is 46.6 Å². The number of sulfonamides is 1. The standard InChI is InChI=1S/C29H31N3O6S/c1-5-32(21-8-6-7-19(2)15-21)39(35,36)22-10-11-25-23(17-22)28(33)24(18-31-25)29(34)30-14-13-20-9-12-26(37-3)27(16-20)38-4/h6-12,15-18H,5,13-14H2,1-4H3,(H,30,34)(H,31,33). The first-order chi connectivity index (χ1) is 18.7. The largest absolute Gasteiger partial charge is 0.493 e. The van der Waals surface area contributed by atoms with E-state index in [2.05, 4.69) is 10.3 Å². The third-order valence-electron chi connectivity index (χ3n) is 6.41. The molecular formula is C29H31N3O6S. The van der Waals surface area contributed by atoms with E-state index in [1.165, 1.54) is 28.7 Å². The van der Waals surface area contributed by atoms with Gasteiger partial charge in [-0.15, -0.1) is 0 Å². The van der Waals surface area contributed by atoms with E-state index in [0.717, 1.165) is 11.1 Å². The van der Waals surface area contributed by atoms with Gasteiger partial charge in [-0.1, -0.05) is 18.2 Å². The minimum absolute atomic E-state index is 0.0325. The van der Waals surface area contributed by atoms with Crippen molar-refractivity contribution in [2.24, 2.45) is 0 Å². The molecule has 10 heteroatoms. The maximum atomic E-state index is 13.5. The van der Waals surface area contributed by atoms with Crippen molar-refractivity contribution in [1.82, 2.24) is 10.3 Å². The highest BCUT2D eigenvalue weighted by Crippen LogP contribution is 2.28. The van der Waals surface area contributed by atoms with Crippen LogP contribution in [0.3, 0.4) is 0 Å². The van der Waals surface area contributed by atoms with E-state index in [1.807, 2.05) is 25.1 Å². The fraction of sp³-hybridized carbons (Fsp3) is 0.241. The summed E-state index contributed by atoms with van der Waals surface area (Å²) in [6, 6.07) is 17.0. The molecule has 9 nitrogen and oxygen atoms in total. The number of H-pyrrole nitrogens is 1. The van der Waals surface area contributed by atoms with Gasteiger partial charge in [0.05, 0.1) is 24.8 Å². The summed E-state index contributed by atoms with van der Waals surface area (Å²) < 4.78 is 38.9. The van der Waals surface area contributed by atoms with Gasteiger partial charge >= 0.3 is 0 Å². The number of ether oxygens (including phenoxy) is 2. The molecule has 0 atom stereocenters. The second-order valence-corrected chi connectivity index (χ2v) is 10.8. The van der Waals surface area contributed by atoms with Gasteiger partial charge in [0.15, 0.2) is 11.5 Å². The van der Waals surface area contributed by atoms with Gasteiger partial charge in [0, 0.05) is 30.2 Å². The molecule has 0 fully saturated rings. The number of hydrogen-bond acceptors (Lipinski definition) is 6. The molecule has 1 aromatic heterocycles. The average Bonchev–Trinajstić information content (AvgIpc) is 2.93. The van der Waals surface area contributed by atoms with E-state index in [9.17, 15) is 18.0 Å². The number of fused-ring (bicyclic) bond motifs is 1. The Morgan fingerprint density at radius 1 is 1.00 bits per heavy atom. The van der Waals surface area contributed by atoms with Gasteiger partial charge < -0.3 is 19.8 Å². The Morgan fingerprint density at radius 3 is 2.46 bits per heavy atom. The Kier molecular flexibility index (Phi) is 8.25. The van der Waals surface area contributed by atoms with E-state index < -0.39 is 21.4 Å². The molecule has 2 N–H and O–H groups in total. The first-order valence-electron chi connectivity index (χ1n) is 12.4. The molecular weight excluding hydrogens is 518 g/mol. The summed E-state index contributed by atoms with van der Waals surface area (Å²) in [5.74, 6) is 0.638. The summed E-state index contributed by atoms with van der Waals surface area (Å²) in [4.78, 5) is 29.1. The third kappa shape index (κ3) is 5.75. The van der Waals surface area contributed by atoms with Gasteiger partial charge in [0.1, 0.15) is 5.56 Å². The van der Waals surface area contributed by atoms with Crippen LogP contribution in [-0.2, 0) is 16.4 Å². The van der Waals surface area contributed by atoms with Crippen molar-refractivity contribution in [1.29, 1.82) is 0 Å². The lowest BCUT2D eigenvalue weighted by Gasteiger charge is -2.23. The van der Waals surface area contributed by atoms with Crippen molar-refractivity contribution in [3.05, 3.63) is 93.8 Å². The number of anilines is 1. The summed E-state index contributed by atoms with van der Waals surface area (Å²) in [6.45, 7) is 4.13. The number of carbonyl (C=O) groups excluding carboxylic acids is 1. The second kappa shape index (κ2) is 11.6. The Labute approximate surface area is 227 Å². The number of amides is 1. The highest BCUT2D eigenvalue weighted by molar-refractivity contribution is 7.92. The summed E-state index contributed by atoms with van der Waals surface area (Å²) in [6.07, 6.45) is 1.85. The monoisotopic (exact) mass is 549 g/mol. The number of aryl methyl sites for hydroxylation is 1. The predicted molar refractivity (Wildman–Crippen MR) is 152 cm³/mol. The number of carbonyl (C=O) groups is 1. The van der Waals surface area contributed by atoms with Crippen molar-refractivity contribution in [3.8, 4) is 11.5 Å². The molecule has 0 spiro atoms. The smallest absolute Gasteiger partial charge is 0.264 e. The lowest BCUT2D eigenvalue weighted by atomic mass is 10.1. The molecule has 0 aliphatic carbocycles. The fourth-order valence-corrected chi connectivity index (χ4v) is 5.87. The van der Waals surface area contributed by atoms with Crippen LogP contribution in [0.25, 0.3) is 10.9 Å². The van der Waals surface area contributed by atoms with Crippen molar-refractivity contribution in [3.63, 3.8) is 0 Å². The number of hydrogen-bond donors (Lipinski definition) is 2. The number of pyridine rings is 1. The molecule has 1 amide bonds. The van der Waals surface area contributed by atoms with E-state index in [-0.39, 0.29) is 28.9 Å². The van der Waals surface area contributed by atoms with Gasteiger partial charge in [-0.2, -0.15) is 0 Å². The number of rotatable bonds is 10. The molecule has 204 valence electrons. The van der Waals surface area contributed by atoms with Gasteiger partial charge in [-0.25, -0.2) is 8.42 Å². The van der Waals surface area contributed by atoms with Crippen LogP contribution in [0.4, 0.5) is 5.69 Å². The molecule has 1 heterocycles. The number of methoxy groups -OCH3 is 2. The van der Waals surface area contributed by atoms with Crippen molar-refractivity contribution in [2.45, 2.75) is 25.2 Å². The predicted octanol–water partition coefficient (Wildman–Crippen LogP) is 4.04. The number of nitrogens with zero attached hydrogens (tertiary/aromatic N) is 1. The summed E-state index contributed by atoms with van der Waals surface area (Å²) in [5, 5.41) is 2.88. The molecule has 0 aliphatic heterocycles. The number of aromatic nitrogens is 1. The number of nitrogens with one attached hydrogen (secondary N) is 2. The van der Waals surface area contributed by atoms with E-state index in [1.54, 1.807) is 45.4 Å². The summed E-state index contributed by atoms with van der Waals surface area (Å²) in [7, 11) is -0.850. The van der Waals surface area contributed by atoms with Crippen molar-refractivity contribution >= 4 is 32.5 Å². The first-order valence-corrected chi connectivity index (χ1v) is 13.9. The molecule has 0 saturated carbocycles. The van der Waals surface area contributed by atoms with Crippen molar-refractivity contribution < 1.29 is 22.7 Å². The van der Waals surface area contributed by atoms with Crippen LogP contribution < -0.4 is 24.5 Å². The molecule has 4 rings (SSSR count). The van der Waals surface area contributed by atoms with Crippen LogP contribution in [0.1, 0.15) is 28.4 Å². The highest BCUT2D eigenvalue weighted by atomic mass is 32.2. The van der Waals surface area contributed by atoms with Crippen LogP contribution in [0, 0.1) is 6.92 Å². The molecule has 0 unspecified atom stereocenters. The van der Waals surface area contributed by atoms with Crippen LogP contribution >= 0.6 is 0 Å². The topological polar surface area (TPSA) is 118 Å². The lowest BCUT2D eigenvalue weighted by Crippen LogP contribution is -2.31. The van der Waals surface area contributed by atoms with Gasteiger partial charge in [-0.05, 0) is 73.9 Å². The second-order valence-electron chi connectivity index (χ2n) is 8.94. The Bertz CT molecular complexity index is 1680. The van der Waals surface area contributed by atoms with Crippen LogP contribution in [0.2, 0.25) is 0 Å². The third-order valence-corrected chi connectivity index (χ3v) is 8.31. The average molecular weight is 550 g/mol. The highest BCUT2D eigenvalue weighted by Gasteiger charge is 2.25. The van der Waals surface area contributed by atoms with Crippen molar-refractivity contribution in [2.75, 3.05) is 31.6 Å². The molecule has 0 radical (unpaired) electrons. The molecule has 0 bridgehead atoms. The van der Waals surface area contributed by atoms with Gasteiger partial charge in [-0.3, -0.25) is 13.9 Å². The maximum absolute atomic E-state index is 13.5. The minimum Gasteiger partial charge on any atom is -0.493 e. The summed E-state index contributed by atoms with van der Waals surface area (Å²) >= 11 is 0. The molecule has 0 saturated heterocycles. The zero-order valence-corrected chi connectivity index (χ0v) is 23.1. The molecule has 3 aromatic carbocycles. The Balaban J connectivity index is 1.57. The number of aromatic amines is 1. The lowest BCUT2D eigenvalue weighted by molar-refractivity contribution is 0.0953. The Morgan fingerprint density at radius 2 is 1.77 bits per heavy atom. The van der Waals surface area contributed by atoms with E-state index in [0.29, 0.717) is 29.1 Å². The van der Waals surface area contributed by atoms with Crippen LogP contribution in [0.15, 0.2) is 76.6 Å². The van der Waals surface area contributed by atoms with E-state index in [4.69, 9.17) is 9.47 Å². The maximum Gasteiger partial charge on any atom is 0.264 e. The molecule has 4 aromatic rings. The molecule has 39 heavy (non-hydrogen) atoms. The Hall–Kier alpha value is -4.31. The van der Waals surface area contributed by atoms with E-state index >= 15 is 0 Å². The summed E-state index contributed by atoms with van der Waals surface area (Å²) in [5.41, 5.74) is 2.16. The normalized spacial score (nSPS) is 11.3. The zero-order chi connectivity index (χ0) is 28.2. The quantitative estimate of drug-likeness (QED) is 0.308. The van der Waals surface area contributed by atoms with Crippen LogP contribution in [0.5, 0.6) is 11.5 Å². The SMILES string of the molecule is CCN(c1cccc(C)c1)S(=O)(=O)c1ccc2[nH]cc(C(=O)NCCc3ccc(OC)c(OC)c3)c(=O)c2c1. The zero-order valence-electron chi connectivity index (χ0n) is 22.3. The van der Waals surface area contributed by atoms with Gasteiger partial charge in [0.2, 0.25) is 5.43 Å². The first kappa shape index (κ1) is 27.7. The molecule has 0 aliphatic rings. The minimum atomic E-state index is -3.96. The number of benzene rings is 3. The fourth-order valence-electron chi connectivity index (χ4n) is 4.38.